The molecule has 1 heterocycles. The highest BCUT2D eigenvalue weighted by Gasteiger charge is 2.20. The monoisotopic (exact) mass is 236 g/mol. The second-order valence-corrected chi connectivity index (χ2v) is 4.64. The standard InChI is InChI=1S/C13H20N2O2/c1-15-6-5-10(8-15)9-17-13-7-11(14)3-4-12(13)16-2/h3-4,7,10H,5-6,8-9,14H2,1-2H3. The molecule has 0 radical (unpaired) electrons. The minimum absolute atomic E-state index is 0.603. The number of nitrogens with zero attached hydrogens (tertiary/aromatic N) is 1. The predicted molar refractivity (Wildman–Crippen MR) is 68.5 cm³/mol. The third-order valence-corrected chi connectivity index (χ3v) is 3.15. The van der Waals surface area contributed by atoms with Crippen molar-refractivity contribution in [2.45, 2.75) is 6.42 Å². The summed E-state index contributed by atoms with van der Waals surface area (Å²) in [6, 6.07) is 5.47. The summed E-state index contributed by atoms with van der Waals surface area (Å²) in [6.07, 6.45) is 1.20. The molecule has 1 aliphatic heterocycles. The molecular formula is C13H20N2O2. The van der Waals surface area contributed by atoms with E-state index in [1.165, 1.54) is 6.42 Å². The first-order valence-electron chi connectivity index (χ1n) is 5.94. The van der Waals surface area contributed by atoms with Crippen LogP contribution in [0.2, 0.25) is 0 Å². The van der Waals surface area contributed by atoms with E-state index in [-0.39, 0.29) is 0 Å². The number of nitrogen functional groups attached to an aromatic ring is 1. The lowest BCUT2D eigenvalue weighted by atomic mass is 10.1. The van der Waals surface area contributed by atoms with Crippen molar-refractivity contribution in [3.05, 3.63) is 18.2 Å². The molecule has 0 aromatic heterocycles. The van der Waals surface area contributed by atoms with Gasteiger partial charge in [-0.25, -0.2) is 0 Å². The number of ether oxygens (including phenoxy) is 2. The van der Waals surface area contributed by atoms with Gasteiger partial charge in [0.1, 0.15) is 0 Å². The van der Waals surface area contributed by atoms with Crippen molar-refractivity contribution < 1.29 is 9.47 Å². The number of methoxy groups -OCH3 is 1. The highest BCUT2D eigenvalue weighted by atomic mass is 16.5. The van der Waals surface area contributed by atoms with Crippen molar-refractivity contribution >= 4 is 5.69 Å². The van der Waals surface area contributed by atoms with Crippen LogP contribution in [0.3, 0.4) is 0 Å². The van der Waals surface area contributed by atoms with E-state index in [4.69, 9.17) is 15.2 Å². The second-order valence-electron chi connectivity index (χ2n) is 4.64. The average molecular weight is 236 g/mol. The molecule has 0 saturated carbocycles. The van der Waals surface area contributed by atoms with Crippen LogP contribution in [0, 0.1) is 5.92 Å². The van der Waals surface area contributed by atoms with Crippen molar-refractivity contribution in [2.24, 2.45) is 5.92 Å². The van der Waals surface area contributed by atoms with E-state index in [9.17, 15) is 0 Å². The summed E-state index contributed by atoms with van der Waals surface area (Å²) in [4.78, 5) is 2.32. The van der Waals surface area contributed by atoms with Gasteiger partial charge in [0.2, 0.25) is 0 Å². The molecule has 0 spiro atoms. The van der Waals surface area contributed by atoms with Crippen molar-refractivity contribution in [2.75, 3.05) is 39.6 Å². The van der Waals surface area contributed by atoms with Crippen molar-refractivity contribution in [3.8, 4) is 11.5 Å². The van der Waals surface area contributed by atoms with Crippen LogP contribution in [-0.4, -0.2) is 38.8 Å². The Morgan fingerprint density at radius 3 is 2.88 bits per heavy atom. The van der Waals surface area contributed by atoms with Crippen LogP contribution in [0.25, 0.3) is 0 Å². The quantitative estimate of drug-likeness (QED) is 0.807. The van der Waals surface area contributed by atoms with Gasteiger partial charge in [0.15, 0.2) is 11.5 Å². The van der Waals surface area contributed by atoms with Crippen LogP contribution in [-0.2, 0) is 0 Å². The summed E-state index contributed by atoms with van der Waals surface area (Å²) in [5.41, 5.74) is 6.44. The number of anilines is 1. The van der Waals surface area contributed by atoms with Crippen LogP contribution in [0.5, 0.6) is 11.5 Å². The molecule has 1 aliphatic rings. The topological polar surface area (TPSA) is 47.7 Å². The molecule has 0 aliphatic carbocycles. The average Bonchev–Trinajstić information content (AvgIpc) is 2.73. The summed E-state index contributed by atoms with van der Waals surface area (Å²) in [6.45, 7) is 2.98. The maximum atomic E-state index is 5.81. The van der Waals surface area contributed by atoms with Gasteiger partial charge in [-0.1, -0.05) is 0 Å². The van der Waals surface area contributed by atoms with Gasteiger partial charge in [0.05, 0.1) is 13.7 Å². The molecule has 0 amide bonds. The first kappa shape index (κ1) is 12.0. The number of likely N-dealkylation sites (tertiary alicyclic amines) is 1. The van der Waals surface area contributed by atoms with Crippen molar-refractivity contribution in [3.63, 3.8) is 0 Å². The minimum atomic E-state index is 0.603. The van der Waals surface area contributed by atoms with Gasteiger partial charge < -0.3 is 20.1 Å². The summed E-state index contributed by atoms with van der Waals surface area (Å²) < 4.78 is 11.1. The zero-order valence-corrected chi connectivity index (χ0v) is 10.5. The number of hydrogen-bond acceptors (Lipinski definition) is 4. The normalized spacial score (nSPS) is 20.5. The van der Waals surface area contributed by atoms with Gasteiger partial charge in [-0.3, -0.25) is 0 Å². The summed E-state index contributed by atoms with van der Waals surface area (Å²) in [5.74, 6) is 2.08. The summed E-state index contributed by atoms with van der Waals surface area (Å²) in [7, 11) is 3.78. The Labute approximate surface area is 102 Å². The SMILES string of the molecule is COc1ccc(N)cc1OCC1CCN(C)C1. The summed E-state index contributed by atoms with van der Waals surface area (Å²) in [5, 5.41) is 0. The molecule has 1 unspecified atom stereocenters. The molecular weight excluding hydrogens is 216 g/mol. The molecule has 1 aromatic carbocycles. The Morgan fingerprint density at radius 1 is 1.41 bits per heavy atom. The van der Waals surface area contributed by atoms with E-state index in [0.717, 1.165) is 31.2 Å². The van der Waals surface area contributed by atoms with Gasteiger partial charge in [-0.05, 0) is 32.1 Å². The third-order valence-electron chi connectivity index (χ3n) is 3.15. The molecule has 2 rings (SSSR count). The van der Waals surface area contributed by atoms with E-state index in [1.54, 1.807) is 7.11 Å². The molecule has 4 nitrogen and oxygen atoms in total. The Hall–Kier alpha value is -1.42. The second kappa shape index (κ2) is 5.27. The summed E-state index contributed by atoms with van der Waals surface area (Å²) >= 11 is 0. The molecule has 1 saturated heterocycles. The maximum absolute atomic E-state index is 5.81. The fourth-order valence-electron chi connectivity index (χ4n) is 2.18. The van der Waals surface area contributed by atoms with Gasteiger partial charge in [-0.2, -0.15) is 0 Å². The van der Waals surface area contributed by atoms with Crippen LogP contribution < -0.4 is 15.2 Å². The first-order valence-corrected chi connectivity index (χ1v) is 5.94. The molecule has 94 valence electrons. The van der Waals surface area contributed by atoms with Crippen LogP contribution in [0.15, 0.2) is 18.2 Å². The largest absolute Gasteiger partial charge is 0.493 e. The molecule has 1 fully saturated rings. The van der Waals surface area contributed by atoms with E-state index < -0.39 is 0 Å². The van der Waals surface area contributed by atoms with Crippen LogP contribution >= 0.6 is 0 Å². The van der Waals surface area contributed by atoms with E-state index in [0.29, 0.717) is 11.6 Å². The zero-order chi connectivity index (χ0) is 12.3. The number of benzene rings is 1. The number of rotatable bonds is 4. The Balaban J connectivity index is 1.96. The Morgan fingerprint density at radius 2 is 2.24 bits per heavy atom. The van der Waals surface area contributed by atoms with Crippen LogP contribution in [0.4, 0.5) is 5.69 Å². The molecule has 1 atom stereocenters. The molecule has 2 N–H and O–H groups in total. The lowest BCUT2D eigenvalue weighted by molar-refractivity contribution is 0.238. The third kappa shape index (κ3) is 3.03. The molecule has 1 aromatic rings. The first-order chi connectivity index (χ1) is 8.19. The van der Waals surface area contributed by atoms with Gasteiger partial charge >= 0.3 is 0 Å². The predicted octanol–water partition coefficient (Wildman–Crippen LogP) is 1.61. The molecule has 0 bridgehead atoms. The highest BCUT2D eigenvalue weighted by Crippen LogP contribution is 2.30. The van der Waals surface area contributed by atoms with E-state index in [2.05, 4.69) is 11.9 Å². The van der Waals surface area contributed by atoms with Crippen molar-refractivity contribution in [1.29, 1.82) is 0 Å². The lowest BCUT2D eigenvalue weighted by Gasteiger charge is -2.14. The van der Waals surface area contributed by atoms with E-state index in [1.807, 2.05) is 18.2 Å². The Bertz CT molecular complexity index is 382. The van der Waals surface area contributed by atoms with Crippen molar-refractivity contribution in [1.82, 2.24) is 4.90 Å². The highest BCUT2D eigenvalue weighted by molar-refractivity contribution is 5.51. The minimum Gasteiger partial charge on any atom is -0.493 e. The molecule has 4 heteroatoms. The number of nitrogens with two attached hydrogens (primary N) is 1. The fourth-order valence-corrected chi connectivity index (χ4v) is 2.18. The fraction of sp³-hybridized carbons (Fsp3) is 0.538. The smallest absolute Gasteiger partial charge is 0.163 e. The van der Waals surface area contributed by atoms with Crippen LogP contribution in [0.1, 0.15) is 6.42 Å². The van der Waals surface area contributed by atoms with Gasteiger partial charge in [0.25, 0.3) is 0 Å². The Kier molecular flexibility index (Phi) is 3.74. The lowest BCUT2D eigenvalue weighted by Crippen LogP contribution is -2.18. The maximum Gasteiger partial charge on any atom is 0.163 e. The number of hydrogen-bond donors (Lipinski definition) is 1. The van der Waals surface area contributed by atoms with Gasteiger partial charge in [0, 0.05) is 24.2 Å². The zero-order valence-electron chi connectivity index (χ0n) is 10.5. The van der Waals surface area contributed by atoms with E-state index >= 15 is 0 Å². The molecule has 17 heavy (non-hydrogen) atoms. The van der Waals surface area contributed by atoms with Gasteiger partial charge in [-0.15, -0.1) is 0 Å².